The van der Waals surface area contributed by atoms with Crippen LogP contribution in [0.15, 0.2) is 71.7 Å². The number of carbonyl (C=O) groups excluding carboxylic acids is 1. The summed E-state index contributed by atoms with van der Waals surface area (Å²) in [6.45, 7) is 0.880. The SMILES string of the molecule is O=C(O)CN=C(c1ccccc1)c1cc(Cl)ccc1[N-]C(=O)[C@@H]1CCCN1Cc1ccc(Cl)c(Cl)c1.[Ni+2]. The number of benzene rings is 3. The minimum atomic E-state index is -1.07. The van der Waals surface area contributed by atoms with E-state index >= 15 is 0 Å². The third-order valence-corrected chi connectivity index (χ3v) is 6.86. The van der Waals surface area contributed by atoms with Crippen LogP contribution in [-0.4, -0.2) is 46.7 Å². The number of rotatable bonds is 8. The first kappa shape index (κ1) is 29.2. The van der Waals surface area contributed by atoms with Crippen molar-refractivity contribution in [2.24, 2.45) is 4.99 Å². The molecule has 1 N–H and O–H groups in total. The molecule has 0 saturated carbocycles. The van der Waals surface area contributed by atoms with E-state index < -0.39 is 12.5 Å². The number of carbonyl (C=O) groups is 2. The fraction of sp³-hybridized carbons (Fsp3) is 0.222. The van der Waals surface area contributed by atoms with E-state index in [9.17, 15) is 14.7 Å². The van der Waals surface area contributed by atoms with Crippen LogP contribution < -0.4 is 0 Å². The molecule has 0 bridgehead atoms. The van der Waals surface area contributed by atoms with E-state index in [2.05, 4.69) is 15.2 Å². The molecule has 1 atom stereocenters. The third kappa shape index (κ3) is 7.56. The van der Waals surface area contributed by atoms with Gasteiger partial charge in [0.25, 0.3) is 0 Å². The van der Waals surface area contributed by atoms with Gasteiger partial charge in [-0.05, 0) is 54.8 Å². The van der Waals surface area contributed by atoms with Gasteiger partial charge in [0.15, 0.2) is 0 Å². The number of hydrogen-bond acceptors (Lipinski definition) is 4. The van der Waals surface area contributed by atoms with Crippen LogP contribution in [0.3, 0.4) is 0 Å². The molecular weight excluding hydrogens is 579 g/mol. The Labute approximate surface area is 240 Å². The third-order valence-electron chi connectivity index (χ3n) is 5.88. The number of amides is 1. The Bertz CT molecular complexity index is 1300. The molecule has 1 fully saturated rings. The Morgan fingerprint density at radius 1 is 1.00 bits per heavy atom. The standard InChI is InChI=1S/C27H24Cl3N3O3.Ni/c28-19-9-11-23(20(14-19)26(31-15-25(34)35)18-5-2-1-3-6-18)32-27(36)24-7-4-12-33(24)16-17-8-10-21(29)22(30)13-17;/h1-3,5-6,8-11,13-14,24H,4,7,12,15-16H2,(H2,31,32,34,35,36);/q;+2/p-1/t24-;/m0./s1. The molecule has 0 radical (unpaired) electrons. The van der Waals surface area contributed by atoms with Gasteiger partial charge in [0.1, 0.15) is 6.54 Å². The van der Waals surface area contributed by atoms with Crippen molar-refractivity contribution in [2.75, 3.05) is 13.1 Å². The summed E-state index contributed by atoms with van der Waals surface area (Å²) in [6.07, 6.45) is 1.56. The number of carboxylic acids is 1. The number of aliphatic carboxylic acids is 1. The van der Waals surface area contributed by atoms with Crippen molar-refractivity contribution in [3.05, 3.63) is 104 Å². The summed E-state index contributed by atoms with van der Waals surface area (Å²) in [5, 5.41) is 15.1. The van der Waals surface area contributed by atoms with Crippen molar-refractivity contribution in [1.29, 1.82) is 0 Å². The molecule has 0 spiro atoms. The summed E-state index contributed by atoms with van der Waals surface area (Å²) in [5.74, 6) is -1.34. The molecule has 1 aliphatic heterocycles. The fourth-order valence-electron chi connectivity index (χ4n) is 4.23. The van der Waals surface area contributed by atoms with Gasteiger partial charge in [0.2, 0.25) is 0 Å². The monoisotopic (exact) mass is 600 g/mol. The van der Waals surface area contributed by atoms with Crippen molar-refractivity contribution >= 4 is 58.1 Å². The molecule has 0 aromatic heterocycles. The van der Waals surface area contributed by atoms with Crippen molar-refractivity contribution in [3.8, 4) is 0 Å². The molecule has 1 saturated heterocycles. The van der Waals surface area contributed by atoms with E-state index in [1.807, 2.05) is 42.5 Å². The summed E-state index contributed by atoms with van der Waals surface area (Å²) in [7, 11) is 0. The van der Waals surface area contributed by atoms with E-state index in [0.29, 0.717) is 50.6 Å². The Kier molecular flexibility index (Phi) is 10.6. The number of halogens is 3. The summed E-state index contributed by atoms with van der Waals surface area (Å²) in [4.78, 5) is 31.0. The summed E-state index contributed by atoms with van der Waals surface area (Å²) in [5.41, 5.74) is 2.96. The van der Waals surface area contributed by atoms with Crippen molar-refractivity contribution in [1.82, 2.24) is 4.90 Å². The molecule has 1 aliphatic rings. The van der Waals surface area contributed by atoms with Crippen LogP contribution >= 0.6 is 34.8 Å². The number of carboxylic acid groups (broad SMARTS) is 1. The van der Waals surface area contributed by atoms with E-state index in [0.717, 1.165) is 18.5 Å². The molecule has 6 nitrogen and oxygen atoms in total. The van der Waals surface area contributed by atoms with Gasteiger partial charge in [0.05, 0.1) is 27.7 Å². The van der Waals surface area contributed by atoms with Crippen LogP contribution in [0, 0.1) is 0 Å². The Morgan fingerprint density at radius 3 is 2.46 bits per heavy atom. The van der Waals surface area contributed by atoms with Gasteiger partial charge in [-0.25, -0.2) is 0 Å². The quantitative estimate of drug-likeness (QED) is 0.228. The zero-order valence-electron chi connectivity index (χ0n) is 19.5. The van der Waals surface area contributed by atoms with Gasteiger partial charge >= 0.3 is 22.5 Å². The van der Waals surface area contributed by atoms with Gasteiger partial charge in [0, 0.05) is 17.1 Å². The molecule has 37 heavy (non-hydrogen) atoms. The molecule has 1 heterocycles. The molecule has 3 aromatic carbocycles. The molecule has 1 amide bonds. The van der Waals surface area contributed by atoms with Gasteiger partial charge in [-0.3, -0.25) is 14.7 Å². The summed E-state index contributed by atoms with van der Waals surface area (Å²) < 4.78 is 0. The Balaban J connectivity index is 0.00000380. The van der Waals surface area contributed by atoms with Crippen LogP contribution in [-0.2, 0) is 32.6 Å². The maximum absolute atomic E-state index is 13.4. The molecule has 3 aromatic rings. The molecule has 0 aliphatic carbocycles. The first-order valence-electron chi connectivity index (χ1n) is 11.4. The van der Waals surface area contributed by atoms with Gasteiger partial charge < -0.3 is 15.2 Å². The van der Waals surface area contributed by atoms with Crippen LogP contribution in [0.4, 0.5) is 5.69 Å². The second-order valence-electron chi connectivity index (χ2n) is 8.41. The average Bonchev–Trinajstić information content (AvgIpc) is 3.32. The van der Waals surface area contributed by atoms with E-state index in [-0.39, 0.29) is 28.4 Å². The fourth-order valence-corrected chi connectivity index (χ4v) is 4.72. The first-order chi connectivity index (χ1) is 17.3. The predicted octanol–water partition coefficient (Wildman–Crippen LogP) is 6.76. The van der Waals surface area contributed by atoms with E-state index in [1.54, 1.807) is 24.3 Å². The Hall–Kier alpha value is -2.41. The number of nitrogens with zero attached hydrogens (tertiary/aromatic N) is 3. The van der Waals surface area contributed by atoms with Crippen LogP contribution in [0.2, 0.25) is 15.1 Å². The van der Waals surface area contributed by atoms with Gasteiger partial charge in [-0.2, -0.15) is 0 Å². The number of aliphatic imine (C=N–C) groups is 1. The number of likely N-dealkylation sites (tertiary alicyclic amines) is 1. The van der Waals surface area contributed by atoms with Crippen LogP contribution in [0.25, 0.3) is 5.32 Å². The summed E-state index contributed by atoms with van der Waals surface area (Å²) >= 11 is 18.5. The van der Waals surface area contributed by atoms with Gasteiger partial charge in [-0.15, -0.1) is 5.69 Å². The molecular formula is C27H23Cl3N3NiO3+. The minimum Gasteiger partial charge on any atom is -0.625 e. The van der Waals surface area contributed by atoms with Gasteiger partial charge in [-0.1, -0.05) is 77.3 Å². The van der Waals surface area contributed by atoms with Crippen LogP contribution in [0.5, 0.6) is 0 Å². The smallest absolute Gasteiger partial charge is 0.625 e. The average molecular weight is 603 g/mol. The summed E-state index contributed by atoms with van der Waals surface area (Å²) in [6, 6.07) is 19.2. The second kappa shape index (κ2) is 13.4. The largest absolute Gasteiger partial charge is 2.00 e. The van der Waals surface area contributed by atoms with E-state index in [4.69, 9.17) is 34.8 Å². The molecule has 0 unspecified atom stereocenters. The van der Waals surface area contributed by atoms with E-state index in [1.165, 1.54) is 0 Å². The number of hydrogen-bond donors (Lipinski definition) is 1. The zero-order valence-corrected chi connectivity index (χ0v) is 22.8. The maximum Gasteiger partial charge on any atom is 2.00 e. The first-order valence-corrected chi connectivity index (χ1v) is 12.5. The second-order valence-corrected chi connectivity index (χ2v) is 9.66. The topological polar surface area (TPSA) is 84.1 Å². The minimum absolute atomic E-state index is 0. The zero-order chi connectivity index (χ0) is 25.7. The molecule has 10 heteroatoms. The van der Waals surface area contributed by atoms with Crippen molar-refractivity contribution < 1.29 is 31.2 Å². The van der Waals surface area contributed by atoms with Crippen LogP contribution in [0.1, 0.15) is 29.5 Å². The maximum atomic E-state index is 13.4. The Morgan fingerprint density at radius 2 is 1.76 bits per heavy atom. The predicted molar refractivity (Wildman–Crippen MR) is 144 cm³/mol. The normalized spacial score (nSPS) is 15.8. The van der Waals surface area contributed by atoms with Crippen molar-refractivity contribution in [3.63, 3.8) is 0 Å². The van der Waals surface area contributed by atoms with Crippen molar-refractivity contribution in [2.45, 2.75) is 25.4 Å². The molecule has 4 rings (SSSR count). The molecule has 194 valence electrons.